The molecule has 0 spiro atoms. The van der Waals surface area contributed by atoms with Crippen LogP contribution in [-0.4, -0.2) is 61.0 Å². The Morgan fingerprint density at radius 3 is 2.10 bits per heavy atom. The minimum Gasteiger partial charge on any atom is -0.497 e. The summed E-state index contributed by atoms with van der Waals surface area (Å²) in [5.74, 6) is -2.78. The molecule has 42 heavy (non-hydrogen) atoms. The van der Waals surface area contributed by atoms with Crippen molar-refractivity contribution < 1.29 is 46.5 Å². The van der Waals surface area contributed by atoms with E-state index in [2.05, 4.69) is 5.32 Å². The largest absolute Gasteiger partial charge is 0.497 e. The van der Waals surface area contributed by atoms with Crippen molar-refractivity contribution in [3.63, 3.8) is 0 Å². The second-order valence-corrected chi connectivity index (χ2v) is 8.51. The summed E-state index contributed by atoms with van der Waals surface area (Å²) >= 11 is 0. The van der Waals surface area contributed by atoms with E-state index in [1.54, 1.807) is 25.2 Å². The Bertz CT molecular complexity index is 1290. The summed E-state index contributed by atoms with van der Waals surface area (Å²) in [7, 11) is 2.87. The van der Waals surface area contributed by atoms with Crippen molar-refractivity contribution in [3.8, 4) is 5.75 Å². The zero-order chi connectivity index (χ0) is 31.8. The zero-order valence-corrected chi connectivity index (χ0v) is 23.1. The molecule has 1 unspecified atom stereocenters. The molecule has 1 atom stereocenters. The lowest BCUT2D eigenvalue weighted by Crippen LogP contribution is -2.33. The number of rotatable bonds is 6. The van der Waals surface area contributed by atoms with Crippen LogP contribution in [0.5, 0.6) is 5.75 Å². The average Bonchev–Trinajstić information content (AvgIpc) is 3.31. The number of amides is 2. The Morgan fingerprint density at radius 2 is 1.64 bits per heavy atom. The van der Waals surface area contributed by atoms with Gasteiger partial charge in [0.1, 0.15) is 28.9 Å². The van der Waals surface area contributed by atoms with Gasteiger partial charge >= 0.3 is 6.61 Å². The fourth-order valence-electron chi connectivity index (χ4n) is 3.75. The minimum absolute atomic E-state index is 0.00260. The third-order valence-electron chi connectivity index (χ3n) is 5.58. The lowest BCUT2D eigenvalue weighted by Gasteiger charge is -2.18. The number of aliphatic hydroxyl groups is 2. The monoisotopic (exact) mass is 601 g/mol. The maximum atomic E-state index is 14.3. The minimum atomic E-state index is -3.17. The van der Waals surface area contributed by atoms with Crippen LogP contribution in [0.15, 0.2) is 59.5 Å². The Kier molecular flexibility index (Phi) is 15.5. The maximum absolute atomic E-state index is 14.3. The Hall–Kier alpha value is -4.30. The molecule has 2 amide bonds. The Labute approximate surface area is 238 Å². The van der Waals surface area contributed by atoms with Crippen molar-refractivity contribution in [1.29, 1.82) is 0 Å². The van der Waals surface area contributed by atoms with Gasteiger partial charge in [-0.2, -0.15) is 8.78 Å². The first-order valence-electron chi connectivity index (χ1n) is 12.3. The molecule has 3 aromatic rings. The highest BCUT2D eigenvalue weighted by Crippen LogP contribution is 2.35. The van der Waals surface area contributed by atoms with E-state index in [-0.39, 0.29) is 54.8 Å². The van der Waals surface area contributed by atoms with Crippen LogP contribution in [-0.2, 0) is 16.1 Å². The van der Waals surface area contributed by atoms with E-state index in [1.165, 1.54) is 41.0 Å². The number of aryl methyl sites for hydroxylation is 1. The van der Waals surface area contributed by atoms with E-state index in [0.717, 1.165) is 17.7 Å². The highest BCUT2D eigenvalue weighted by atomic mass is 19.3. The lowest BCUT2D eigenvalue weighted by molar-refractivity contribution is -0.117. The molecule has 1 saturated heterocycles. The summed E-state index contributed by atoms with van der Waals surface area (Å²) in [6.07, 6.45) is 2.03. The topological polar surface area (TPSA) is 121 Å². The van der Waals surface area contributed by atoms with Crippen molar-refractivity contribution >= 4 is 18.0 Å². The Morgan fingerprint density at radius 1 is 1.10 bits per heavy atom. The number of anilines is 1. The highest BCUT2D eigenvalue weighted by Gasteiger charge is 2.36. The van der Waals surface area contributed by atoms with E-state index < -0.39 is 29.7 Å². The summed E-state index contributed by atoms with van der Waals surface area (Å²) in [4.78, 5) is 35.1. The number of hydrogen-bond donors (Lipinski definition) is 3. The number of pyridine rings is 1. The number of benzene rings is 2. The van der Waals surface area contributed by atoms with E-state index in [0.29, 0.717) is 6.41 Å². The van der Waals surface area contributed by atoms with Gasteiger partial charge in [0.2, 0.25) is 12.3 Å². The molecule has 1 fully saturated rings. The molecule has 0 bridgehead atoms. The van der Waals surface area contributed by atoms with Gasteiger partial charge < -0.3 is 29.7 Å². The van der Waals surface area contributed by atoms with Crippen molar-refractivity contribution in [3.05, 3.63) is 93.7 Å². The normalized spacial score (nSPS) is 13.6. The summed E-state index contributed by atoms with van der Waals surface area (Å²) in [5.41, 5.74) is 0.591. The number of ether oxygens (including phenoxy) is 1. The van der Waals surface area contributed by atoms with Crippen LogP contribution in [0, 0.1) is 24.4 Å². The molecule has 14 heteroatoms. The van der Waals surface area contributed by atoms with Gasteiger partial charge in [-0.3, -0.25) is 14.4 Å². The standard InChI is InChI=1S/C18H18F2N2O4.C7H7F.C2H5NO.CH2F2O/c1-26-12-8-13(19)17(14(20)9-12)11-7-16(24)22(10-11)15-3-2-4-21(5-6-23)18(15)25;1-6-2-4-7(8)5-3-6;1-3-2-4;2-1(3)4/h2-4,8-9,11,23H,5-7,10H2,1H3;2-5H,1H3;2H,1H3,(H,3,4);1,4H. The van der Waals surface area contributed by atoms with Crippen LogP contribution in [0.25, 0.3) is 0 Å². The van der Waals surface area contributed by atoms with Crippen molar-refractivity contribution in [1.82, 2.24) is 9.88 Å². The number of nitrogens with one attached hydrogen (secondary N) is 1. The number of nitrogens with zero attached hydrogens (tertiary/aromatic N) is 2. The number of alkyl halides is 2. The molecule has 0 saturated carbocycles. The number of carbonyl (C=O) groups is 2. The molecule has 9 nitrogen and oxygen atoms in total. The smallest absolute Gasteiger partial charge is 0.342 e. The maximum Gasteiger partial charge on any atom is 0.342 e. The van der Waals surface area contributed by atoms with Crippen LogP contribution in [0.4, 0.5) is 27.6 Å². The van der Waals surface area contributed by atoms with Gasteiger partial charge in [-0.15, -0.1) is 0 Å². The molecule has 1 aliphatic heterocycles. The molecule has 0 aliphatic carbocycles. The fourth-order valence-corrected chi connectivity index (χ4v) is 3.75. The van der Waals surface area contributed by atoms with Gasteiger partial charge in [-0.25, -0.2) is 13.2 Å². The summed E-state index contributed by atoms with van der Waals surface area (Å²) in [6.45, 7) is -1.36. The van der Waals surface area contributed by atoms with Crippen LogP contribution in [0.1, 0.15) is 23.5 Å². The molecule has 0 radical (unpaired) electrons. The first kappa shape index (κ1) is 35.7. The van der Waals surface area contributed by atoms with Crippen LogP contribution >= 0.6 is 0 Å². The van der Waals surface area contributed by atoms with Crippen molar-refractivity contribution in [2.45, 2.75) is 32.4 Å². The number of carbonyl (C=O) groups excluding carboxylic acids is 2. The first-order chi connectivity index (χ1) is 19.9. The van der Waals surface area contributed by atoms with E-state index in [4.69, 9.17) is 19.7 Å². The average molecular weight is 602 g/mol. The van der Waals surface area contributed by atoms with Gasteiger partial charge in [-0.1, -0.05) is 17.7 Å². The summed E-state index contributed by atoms with van der Waals surface area (Å²) in [6, 6.07) is 11.6. The third-order valence-corrected chi connectivity index (χ3v) is 5.58. The third kappa shape index (κ3) is 11.3. The Balaban J connectivity index is 0.000000450. The van der Waals surface area contributed by atoms with E-state index >= 15 is 0 Å². The van der Waals surface area contributed by atoms with Crippen LogP contribution < -0.4 is 20.5 Å². The number of hydrogen-bond acceptors (Lipinski definition) is 6. The number of aromatic nitrogens is 1. The van der Waals surface area contributed by atoms with Gasteiger partial charge in [0.05, 0.1) is 13.7 Å². The molecule has 4 rings (SSSR count). The van der Waals surface area contributed by atoms with Gasteiger partial charge in [0, 0.05) is 56.4 Å². The second kappa shape index (κ2) is 18.2. The van der Waals surface area contributed by atoms with E-state index in [9.17, 15) is 31.5 Å². The fraction of sp³-hybridized carbons (Fsp3) is 0.321. The quantitative estimate of drug-likeness (QED) is 0.295. The van der Waals surface area contributed by atoms with E-state index in [1.807, 2.05) is 6.92 Å². The van der Waals surface area contributed by atoms with Crippen molar-refractivity contribution in [2.24, 2.45) is 0 Å². The predicted octanol–water partition coefficient (Wildman–Crippen LogP) is 3.35. The number of halogens is 5. The van der Waals surface area contributed by atoms with Gasteiger partial charge in [-0.05, 0) is 31.2 Å². The first-order valence-corrected chi connectivity index (χ1v) is 12.3. The van der Waals surface area contributed by atoms with Crippen LogP contribution in [0.3, 0.4) is 0 Å². The predicted molar refractivity (Wildman–Crippen MR) is 145 cm³/mol. The zero-order valence-electron chi connectivity index (χ0n) is 23.1. The molecule has 1 aromatic heterocycles. The molecule has 2 aromatic carbocycles. The summed E-state index contributed by atoms with van der Waals surface area (Å²) in [5, 5.41) is 18.0. The molecular weight excluding hydrogens is 569 g/mol. The van der Waals surface area contributed by atoms with Gasteiger partial charge in [0.15, 0.2) is 0 Å². The summed E-state index contributed by atoms with van der Waals surface area (Å²) < 4.78 is 66.6. The number of aliphatic hydroxyl groups excluding tert-OH is 2. The molecule has 1 aliphatic rings. The van der Waals surface area contributed by atoms with Gasteiger partial charge in [0.25, 0.3) is 5.56 Å². The highest BCUT2D eigenvalue weighted by molar-refractivity contribution is 5.96. The van der Waals surface area contributed by atoms with Crippen molar-refractivity contribution in [2.75, 3.05) is 32.2 Å². The van der Waals surface area contributed by atoms with Crippen LogP contribution in [0.2, 0.25) is 0 Å². The molecule has 2 heterocycles. The second-order valence-electron chi connectivity index (χ2n) is 8.51. The SMILES string of the molecule is CNC=O.COc1cc(F)c(C2CC(=O)N(c3cccn(CCO)c3=O)C2)c(F)c1.Cc1ccc(F)cc1.OC(F)F. The lowest BCUT2D eigenvalue weighted by atomic mass is 9.97. The molecule has 3 N–H and O–H groups in total. The molecular formula is C28H32F5N3O6. The molecule has 230 valence electrons. The number of methoxy groups -OCH3 is 1.